The fourth-order valence-corrected chi connectivity index (χ4v) is 2.03. The van der Waals surface area contributed by atoms with Gasteiger partial charge in [-0.15, -0.1) is 0 Å². The summed E-state index contributed by atoms with van der Waals surface area (Å²) in [6.45, 7) is 4.13. The first-order valence-electron chi connectivity index (χ1n) is 6.17. The normalized spacial score (nSPS) is 10.5. The molecule has 0 atom stereocenters. The van der Waals surface area contributed by atoms with Crippen LogP contribution in [-0.4, -0.2) is 16.3 Å². The first kappa shape index (κ1) is 11.5. The Balaban J connectivity index is 2.19. The number of imidazole rings is 1. The van der Waals surface area contributed by atoms with Crippen molar-refractivity contribution in [1.82, 2.24) is 9.71 Å². The quantitative estimate of drug-likeness (QED) is 0.664. The molecular weight excluding hydrogens is 236 g/mol. The predicted molar refractivity (Wildman–Crippen MR) is 76.8 cm³/mol. The second kappa shape index (κ2) is 4.98. The molecule has 0 aliphatic carbocycles. The maximum Gasteiger partial charge on any atom is 0.176 e. The van der Waals surface area contributed by atoms with Crippen LogP contribution < -0.4 is 4.84 Å². The van der Waals surface area contributed by atoms with Crippen LogP contribution in [-0.2, 0) is 0 Å². The molecule has 94 valence electrons. The average molecular weight is 250 g/mol. The van der Waals surface area contributed by atoms with Gasteiger partial charge in [0.05, 0.1) is 5.52 Å². The Bertz CT molecular complexity index is 701. The number of hydrogen-bond acceptors (Lipinski definition) is 2. The summed E-state index contributed by atoms with van der Waals surface area (Å²) < 4.78 is 1.77. The van der Waals surface area contributed by atoms with Crippen LogP contribution in [0.1, 0.15) is 0 Å². The molecule has 0 saturated heterocycles. The summed E-state index contributed by atoms with van der Waals surface area (Å²) in [5.41, 5.74) is 2.91. The van der Waals surface area contributed by atoms with Crippen molar-refractivity contribution in [3.8, 4) is 11.4 Å². The number of hydrogen-bond donors (Lipinski definition) is 0. The van der Waals surface area contributed by atoms with Crippen LogP contribution in [0.5, 0.6) is 0 Å². The van der Waals surface area contributed by atoms with Gasteiger partial charge in [0.15, 0.2) is 5.82 Å². The van der Waals surface area contributed by atoms with Gasteiger partial charge in [-0.25, -0.2) is 4.98 Å². The number of benzene rings is 2. The maximum absolute atomic E-state index is 5.73. The number of para-hydroxylation sites is 2. The van der Waals surface area contributed by atoms with E-state index in [0.717, 1.165) is 22.4 Å². The van der Waals surface area contributed by atoms with Gasteiger partial charge in [0, 0.05) is 5.56 Å². The lowest BCUT2D eigenvalue weighted by Gasteiger charge is -2.09. The van der Waals surface area contributed by atoms with Crippen LogP contribution >= 0.6 is 0 Å². The van der Waals surface area contributed by atoms with Gasteiger partial charge in [0.2, 0.25) is 0 Å². The van der Waals surface area contributed by atoms with Crippen molar-refractivity contribution >= 4 is 11.0 Å². The zero-order valence-electron chi connectivity index (χ0n) is 10.5. The first-order valence-corrected chi connectivity index (χ1v) is 6.17. The van der Waals surface area contributed by atoms with Crippen LogP contribution in [0, 0.1) is 0 Å². The van der Waals surface area contributed by atoms with Gasteiger partial charge < -0.3 is 4.84 Å². The molecular formula is C16H14N2O. The van der Waals surface area contributed by atoms with Crippen molar-refractivity contribution in [3.63, 3.8) is 0 Å². The molecule has 0 amide bonds. The van der Waals surface area contributed by atoms with Crippen molar-refractivity contribution in [2.24, 2.45) is 0 Å². The van der Waals surface area contributed by atoms with E-state index in [1.807, 2.05) is 54.6 Å². The zero-order valence-corrected chi connectivity index (χ0v) is 10.5. The SMILES string of the molecule is C=CCOn1c(-c2ccccc2)nc2ccccc21. The van der Waals surface area contributed by atoms with Crippen LogP contribution in [0.4, 0.5) is 0 Å². The first-order chi connectivity index (χ1) is 9.40. The van der Waals surface area contributed by atoms with E-state index in [1.54, 1.807) is 10.8 Å². The summed E-state index contributed by atoms with van der Waals surface area (Å²) in [6, 6.07) is 18.0. The molecule has 3 nitrogen and oxygen atoms in total. The Morgan fingerprint density at radius 3 is 2.58 bits per heavy atom. The largest absolute Gasteiger partial charge is 0.408 e. The third-order valence-electron chi connectivity index (χ3n) is 2.87. The van der Waals surface area contributed by atoms with Gasteiger partial charge in [-0.2, -0.15) is 4.73 Å². The van der Waals surface area contributed by atoms with E-state index in [0.29, 0.717) is 6.61 Å². The van der Waals surface area contributed by atoms with Crippen LogP contribution in [0.25, 0.3) is 22.4 Å². The molecule has 1 heterocycles. The standard InChI is InChI=1S/C16H14N2O/c1-2-12-19-18-15-11-7-6-10-14(15)17-16(18)13-8-4-3-5-9-13/h2-11H,1,12H2. The van der Waals surface area contributed by atoms with Crippen molar-refractivity contribution in [3.05, 3.63) is 67.3 Å². The molecule has 0 saturated carbocycles. The Kier molecular flexibility index (Phi) is 3.02. The van der Waals surface area contributed by atoms with Gasteiger partial charge in [-0.05, 0) is 12.1 Å². The number of aromatic nitrogens is 2. The van der Waals surface area contributed by atoms with E-state index in [2.05, 4.69) is 11.6 Å². The number of fused-ring (bicyclic) bond motifs is 1. The third kappa shape index (κ3) is 2.10. The van der Waals surface area contributed by atoms with Crippen LogP contribution in [0.2, 0.25) is 0 Å². The van der Waals surface area contributed by atoms with Gasteiger partial charge in [0.25, 0.3) is 0 Å². The molecule has 0 unspecified atom stereocenters. The van der Waals surface area contributed by atoms with E-state index >= 15 is 0 Å². The highest BCUT2D eigenvalue weighted by Crippen LogP contribution is 2.23. The van der Waals surface area contributed by atoms with Crippen molar-refractivity contribution in [2.45, 2.75) is 0 Å². The minimum atomic E-state index is 0.445. The molecule has 0 aliphatic rings. The molecule has 0 bridgehead atoms. The molecule has 0 radical (unpaired) electrons. The molecule has 2 aromatic carbocycles. The van der Waals surface area contributed by atoms with Gasteiger partial charge in [-0.1, -0.05) is 55.1 Å². The zero-order chi connectivity index (χ0) is 13.1. The van der Waals surface area contributed by atoms with E-state index in [9.17, 15) is 0 Å². The highest BCUT2D eigenvalue weighted by molar-refractivity contribution is 5.80. The molecule has 19 heavy (non-hydrogen) atoms. The second-order valence-electron chi connectivity index (χ2n) is 4.17. The Morgan fingerprint density at radius 1 is 1.05 bits per heavy atom. The highest BCUT2D eigenvalue weighted by atomic mass is 16.7. The summed E-state index contributed by atoms with van der Waals surface area (Å²) in [6.07, 6.45) is 1.73. The molecule has 0 N–H and O–H groups in total. The van der Waals surface area contributed by atoms with Gasteiger partial charge in [0.1, 0.15) is 12.1 Å². The maximum atomic E-state index is 5.73. The lowest BCUT2D eigenvalue weighted by molar-refractivity contribution is 0.148. The summed E-state index contributed by atoms with van der Waals surface area (Å²) in [5, 5.41) is 0. The fraction of sp³-hybridized carbons (Fsp3) is 0.0625. The third-order valence-corrected chi connectivity index (χ3v) is 2.87. The van der Waals surface area contributed by atoms with Gasteiger partial charge >= 0.3 is 0 Å². The number of nitrogens with zero attached hydrogens (tertiary/aromatic N) is 2. The molecule has 0 aliphatic heterocycles. The molecule has 3 heteroatoms. The predicted octanol–water partition coefficient (Wildman–Crippen LogP) is 3.32. The monoisotopic (exact) mass is 250 g/mol. The fourth-order valence-electron chi connectivity index (χ4n) is 2.03. The highest BCUT2D eigenvalue weighted by Gasteiger charge is 2.12. The summed E-state index contributed by atoms with van der Waals surface area (Å²) in [5.74, 6) is 0.809. The molecule has 3 rings (SSSR count). The molecule has 1 aromatic heterocycles. The van der Waals surface area contributed by atoms with E-state index < -0.39 is 0 Å². The van der Waals surface area contributed by atoms with Crippen molar-refractivity contribution in [2.75, 3.05) is 6.61 Å². The Hall–Kier alpha value is -2.55. The topological polar surface area (TPSA) is 27.1 Å². The lowest BCUT2D eigenvalue weighted by atomic mass is 10.2. The van der Waals surface area contributed by atoms with Crippen molar-refractivity contribution < 1.29 is 4.84 Å². The second-order valence-corrected chi connectivity index (χ2v) is 4.17. The minimum absolute atomic E-state index is 0.445. The van der Waals surface area contributed by atoms with E-state index in [-0.39, 0.29) is 0 Å². The Morgan fingerprint density at radius 2 is 1.79 bits per heavy atom. The van der Waals surface area contributed by atoms with Gasteiger partial charge in [-0.3, -0.25) is 0 Å². The van der Waals surface area contributed by atoms with Crippen LogP contribution in [0.3, 0.4) is 0 Å². The summed E-state index contributed by atoms with van der Waals surface area (Å²) in [7, 11) is 0. The smallest absolute Gasteiger partial charge is 0.176 e. The average Bonchev–Trinajstić information content (AvgIpc) is 2.85. The van der Waals surface area contributed by atoms with Crippen molar-refractivity contribution in [1.29, 1.82) is 0 Å². The van der Waals surface area contributed by atoms with E-state index in [1.165, 1.54) is 0 Å². The van der Waals surface area contributed by atoms with Crippen LogP contribution in [0.15, 0.2) is 67.3 Å². The summed E-state index contributed by atoms with van der Waals surface area (Å²) >= 11 is 0. The molecule has 0 fully saturated rings. The lowest BCUT2D eigenvalue weighted by Crippen LogP contribution is -2.12. The molecule has 0 spiro atoms. The minimum Gasteiger partial charge on any atom is -0.408 e. The summed E-state index contributed by atoms with van der Waals surface area (Å²) in [4.78, 5) is 10.4. The number of rotatable bonds is 4. The Labute approximate surface area is 111 Å². The molecule has 3 aromatic rings. The van der Waals surface area contributed by atoms with E-state index in [4.69, 9.17) is 4.84 Å².